The third-order valence-electron chi connectivity index (χ3n) is 4.72. The maximum atomic E-state index is 11.7. The van der Waals surface area contributed by atoms with Gasteiger partial charge in [0.05, 0.1) is 6.61 Å². The molecule has 1 unspecified atom stereocenters. The van der Waals surface area contributed by atoms with E-state index >= 15 is 0 Å². The summed E-state index contributed by atoms with van der Waals surface area (Å²) in [4.78, 5) is 11.7. The molecule has 0 N–H and O–H groups in total. The summed E-state index contributed by atoms with van der Waals surface area (Å²) in [5, 5.41) is 1.06. The standard InChI is InChI=1S/C21H41BrO2/c1-3-5-7-10-15-20(14-6-4-2)16-13-19-24-21(23)17-11-8-9-12-18-22/h20H,3-19H2,1-2H3. The molecule has 144 valence electrons. The van der Waals surface area contributed by atoms with Gasteiger partial charge in [-0.1, -0.05) is 94.0 Å². The molecule has 0 spiro atoms. The molecule has 0 aliphatic carbocycles. The van der Waals surface area contributed by atoms with Crippen molar-refractivity contribution in [1.82, 2.24) is 0 Å². The van der Waals surface area contributed by atoms with Gasteiger partial charge in [-0.25, -0.2) is 0 Å². The molecule has 0 aliphatic rings. The lowest BCUT2D eigenvalue weighted by atomic mass is 9.91. The summed E-state index contributed by atoms with van der Waals surface area (Å²) in [6.45, 7) is 5.16. The van der Waals surface area contributed by atoms with Crippen LogP contribution >= 0.6 is 15.9 Å². The lowest BCUT2D eigenvalue weighted by molar-refractivity contribution is -0.144. The van der Waals surface area contributed by atoms with Crippen LogP contribution in [-0.4, -0.2) is 17.9 Å². The highest BCUT2D eigenvalue weighted by atomic mass is 79.9. The molecule has 2 nitrogen and oxygen atoms in total. The molecule has 3 heteroatoms. The zero-order valence-corrected chi connectivity index (χ0v) is 17.9. The van der Waals surface area contributed by atoms with Crippen molar-refractivity contribution in [2.45, 2.75) is 110 Å². The van der Waals surface area contributed by atoms with Crippen molar-refractivity contribution in [3.8, 4) is 0 Å². The highest BCUT2D eigenvalue weighted by molar-refractivity contribution is 9.09. The van der Waals surface area contributed by atoms with E-state index in [9.17, 15) is 4.79 Å². The predicted octanol–water partition coefficient (Wildman–Crippen LogP) is 7.43. The molecule has 24 heavy (non-hydrogen) atoms. The number of alkyl halides is 1. The van der Waals surface area contributed by atoms with E-state index in [4.69, 9.17) is 4.74 Å². The van der Waals surface area contributed by atoms with Crippen LogP contribution in [0.4, 0.5) is 0 Å². The van der Waals surface area contributed by atoms with Crippen molar-refractivity contribution < 1.29 is 9.53 Å². The molecule has 0 fully saturated rings. The van der Waals surface area contributed by atoms with Crippen molar-refractivity contribution in [3.05, 3.63) is 0 Å². The van der Waals surface area contributed by atoms with Crippen molar-refractivity contribution in [1.29, 1.82) is 0 Å². The zero-order chi connectivity index (χ0) is 17.9. The van der Waals surface area contributed by atoms with Crippen LogP contribution in [0, 0.1) is 5.92 Å². The number of rotatable bonds is 18. The number of carbonyl (C=O) groups is 1. The fourth-order valence-corrected chi connectivity index (χ4v) is 3.53. The maximum Gasteiger partial charge on any atom is 0.305 e. The Morgan fingerprint density at radius 3 is 2.12 bits per heavy atom. The highest BCUT2D eigenvalue weighted by Crippen LogP contribution is 2.22. The Morgan fingerprint density at radius 2 is 1.42 bits per heavy atom. The van der Waals surface area contributed by atoms with Gasteiger partial charge in [0.25, 0.3) is 0 Å². The fraction of sp³-hybridized carbons (Fsp3) is 0.952. The topological polar surface area (TPSA) is 26.3 Å². The second-order valence-electron chi connectivity index (χ2n) is 7.07. The van der Waals surface area contributed by atoms with Crippen LogP contribution in [0.15, 0.2) is 0 Å². The fourth-order valence-electron chi connectivity index (χ4n) is 3.13. The van der Waals surface area contributed by atoms with Gasteiger partial charge >= 0.3 is 5.97 Å². The average Bonchev–Trinajstić information content (AvgIpc) is 2.59. The first kappa shape index (κ1) is 23.9. The number of hydrogen-bond acceptors (Lipinski definition) is 2. The first-order chi connectivity index (χ1) is 11.7. The van der Waals surface area contributed by atoms with Gasteiger partial charge in [0.15, 0.2) is 0 Å². The average molecular weight is 405 g/mol. The molecule has 0 rings (SSSR count). The summed E-state index contributed by atoms with van der Waals surface area (Å²) in [6, 6.07) is 0. The van der Waals surface area contributed by atoms with Gasteiger partial charge in [0.2, 0.25) is 0 Å². The zero-order valence-electron chi connectivity index (χ0n) is 16.3. The largest absolute Gasteiger partial charge is 0.466 e. The van der Waals surface area contributed by atoms with Crippen LogP contribution in [-0.2, 0) is 9.53 Å². The van der Waals surface area contributed by atoms with E-state index in [1.165, 1.54) is 70.6 Å². The second-order valence-corrected chi connectivity index (χ2v) is 7.87. The number of halogens is 1. The highest BCUT2D eigenvalue weighted by Gasteiger charge is 2.09. The van der Waals surface area contributed by atoms with Crippen LogP contribution in [0.3, 0.4) is 0 Å². The van der Waals surface area contributed by atoms with Crippen molar-refractivity contribution in [2.24, 2.45) is 5.92 Å². The molecule has 0 aromatic carbocycles. The summed E-state index contributed by atoms with van der Waals surface area (Å²) < 4.78 is 5.40. The number of hydrogen-bond donors (Lipinski definition) is 0. The summed E-state index contributed by atoms with van der Waals surface area (Å²) in [5.74, 6) is 0.839. The summed E-state index contributed by atoms with van der Waals surface area (Å²) in [5.41, 5.74) is 0. The molecule has 0 aromatic heterocycles. The number of esters is 1. The second kappa shape index (κ2) is 19.3. The van der Waals surface area contributed by atoms with E-state index in [0.29, 0.717) is 13.0 Å². The van der Waals surface area contributed by atoms with Gasteiger partial charge in [0, 0.05) is 11.8 Å². The van der Waals surface area contributed by atoms with E-state index in [1.54, 1.807) is 0 Å². The summed E-state index contributed by atoms with van der Waals surface area (Å²) >= 11 is 3.43. The summed E-state index contributed by atoms with van der Waals surface area (Å²) in [6.07, 6.45) is 18.1. The first-order valence-electron chi connectivity index (χ1n) is 10.5. The Bertz CT molecular complexity index is 269. The van der Waals surface area contributed by atoms with E-state index in [-0.39, 0.29) is 5.97 Å². The number of carbonyl (C=O) groups excluding carboxylic acids is 1. The lowest BCUT2D eigenvalue weighted by Crippen LogP contribution is -2.08. The van der Waals surface area contributed by atoms with Crippen LogP contribution in [0.5, 0.6) is 0 Å². The number of ether oxygens (including phenoxy) is 1. The molecule has 0 saturated carbocycles. The monoisotopic (exact) mass is 404 g/mol. The molecule has 0 saturated heterocycles. The van der Waals surface area contributed by atoms with Gasteiger partial charge in [-0.2, -0.15) is 0 Å². The van der Waals surface area contributed by atoms with E-state index in [0.717, 1.165) is 30.5 Å². The van der Waals surface area contributed by atoms with E-state index < -0.39 is 0 Å². The molecule has 0 heterocycles. The SMILES string of the molecule is CCCCCCC(CCCC)CCCOC(=O)CCCCCCBr. The van der Waals surface area contributed by atoms with Gasteiger partial charge in [-0.15, -0.1) is 0 Å². The minimum atomic E-state index is 0.00176. The third kappa shape index (κ3) is 16.8. The van der Waals surface area contributed by atoms with E-state index in [2.05, 4.69) is 29.8 Å². The molecule has 0 amide bonds. The van der Waals surface area contributed by atoms with E-state index in [1.807, 2.05) is 0 Å². The molecule has 0 radical (unpaired) electrons. The molecule has 0 bridgehead atoms. The molecular formula is C21H41BrO2. The maximum absolute atomic E-state index is 11.7. The van der Waals surface area contributed by atoms with Gasteiger partial charge in [0.1, 0.15) is 0 Å². The molecule has 1 atom stereocenters. The van der Waals surface area contributed by atoms with Crippen molar-refractivity contribution in [3.63, 3.8) is 0 Å². The quantitative estimate of drug-likeness (QED) is 0.135. The Labute approximate surface area is 159 Å². The minimum Gasteiger partial charge on any atom is -0.466 e. The van der Waals surface area contributed by atoms with Crippen LogP contribution in [0.2, 0.25) is 0 Å². The first-order valence-corrected chi connectivity index (χ1v) is 11.6. The van der Waals surface area contributed by atoms with Crippen LogP contribution in [0.1, 0.15) is 110 Å². The van der Waals surface area contributed by atoms with Crippen LogP contribution < -0.4 is 0 Å². The predicted molar refractivity (Wildman–Crippen MR) is 109 cm³/mol. The Morgan fingerprint density at radius 1 is 0.792 bits per heavy atom. The van der Waals surface area contributed by atoms with Crippen molar-refractivity contribution in [2.75, 3.05) is 11.9 Å². The van der Waals surface area contributed by atoms with Gasteiger partial charge in [-0.3, -0.25) is 4.79 Å². The number of unbranched alkanes of at least 4 members (excludes halogenated alkanes) is 7. The normalized spacial score (nSPS) is 12.3. The Kier molecular flexibility index (Phi) is 19.2. The van der Waals surface area contributed by atoms with Gasteiger partial charge < -0.3 is 4.74 Å². The summed E-state index contributed by atoms with van der Waals surface area (Å²) in [7, 11) is 0. The Hall–Kier alpha value is -0.0500. The smallest absolute Gasteiger partial charge is 0.305 e. The molecule has 0 aromatic rings. The minimum absolute atomic E-state index is 0.00176. The lowest BCUT2D eigenvalue weighted by Gasteiger charge is -2.16. The molecular weight excluding hydrogens is 364 g/mol. The third-order valence-corrected chi connectivity index (χ3v) is 5.28. The Balaban J connectivity index is 3.66. The molecule has 0 aliphatic heterocycles. The van der Waals surface area contributed by atoms with Gasteiger partial charge in [-0.05, 0) is 31.6 Å². The van der Waals surface area contributed by atoms with Crippen molar-refractivity contribution >= 4 is 21.9 Å². The van der Waals surface area contributed by atoms with Crippen LogP contribution in [0.25, 0.3) is 0 Å².